The molecule has 0 heterocycles. The fraction of sp³-hybridized carbons (Fsp3) is 0.444. The molecule has 0 amide bonds. The van der Waals surface area contributed by atoms with Crippen molar-refractivity contribution in [3.05, 3.63) is 63.2 Å². The monoisotopic (exact) mass is 402 g/mol. The van der Waals surface area contributed by atoms with Gasteiger partial charge in [0.05, 0.1) is 0 Å². The molecule has 0 atom stereocenters. The molecule has 0 aromatic carbocycles. The first-order chi connectivity index (χ1) is 9.99. The summed E-state index contributed by atoms with van der Waals surface area (Å²) in [5.74, 6) is 4.50. The van der Waals surface area contributed by atoms with Crippen LogP contribution in [0.5, 0.6) is 0 Å². The maximum absolute atomic E-state index is 4.93. The molecule has 2 rings (SSSR count). The Hall–Kier alpha value is 1.46. The van der Waals surface area contributed by atoms with E-state index in [4.69, 9.17) is 17.0 Å². The fourth-order valence-electron chi connectivity index (χ4n) is 2.04. The van der Waals surface area contributed by atoms with Gasteiger partial charge in [-0.25, -0.2) is 0 Å². The van der Waals surface area contributed by atoms with E-state index in [1.807, 2.05) is 0 Å². The van der Waals surface area contributed by atoms with E-state index in [9.17, 15) is 0 Å². The molecule has 0 N–H and O–H groups in total. The van der Waals surface area contributed by atoms with Crippen LogP contribution in [0.3, 0.4) is 0 Å². The second kappa shape index (κ2) is 15.0. The summed E-state index contributed by atoms with van der Waals surface area (Å²) in [6.45, 7) is 8.97. The topological polar surface area (TPSA) is 0 Å². The Balaban J connectivity index is 0.000000322. The van der Waals surface area contributed by atoms with E-state index in [1.54, 1.807) is 0 Å². The second-order valence-corrected chi connectivity index (χ2v) is 9.59. The molecule has 0 unspecified atom stereocenters. The number of hydrogen-bond acceptors (Lipinski definition) is 0. The summed E-state index contributed by atoms with van der Waals surface area (Å²) in [7, 11) is 9.87. The first-order valence-electron chi connectivity index (χ1n) is 7.37. The fourth-order valence-corrected chi connectivity index (χ4v) is 2.04. The maximum atomic E-state index is 4.93. The van der Waals surface area contributed by atoms with Crippen molar-refractivity contribution >= 4 is 17.0 Å². The molecule has 116 valence electrons. The third-order valence-corrected chi connectivity index (χ3v) is 2.75. The summed E-state index contributed by atoms with van der Waals surface area (Å²) in [6.07, 6.45) is 19.5. The number of halogens is 2. The molecule has 0 saturated heterocycles. The molecule has 21 heavy (non-hydrogen) atoms. The van der Waals surface area contributed by atoms with Gasteiger partial charge in [0.2, 0.25) is 0 Å². The third-order valence-electron chi connectivity index (χ3n) is 2.75. The molecular formula is C18H26Cl2Zr. The normalized spacial score (nSPS) is 19.2. The third kappa shape index (κ3) is 14.8. The van der Waals surface area contributed by atoms with Crippen LogP contribution in [-0.4, -0.2) is 0 Å². The summed E-state index contributed by atoms with van der Waals surface area (Å²) in [5.41, 5.74) is 0. The Labute approximate surface area is 152 Å². The molecule has 3 heteroatoms. The van der Waals surface area contributed by atoms with E-state index in [2.05, 4.69) is 79.1 Å². The summed E-state index contributed by atoms with van der Waals surface area (Å²) >= 11 is -0.826. The predicted molar refractivity (Wildman–Crippen MR) is 91.5 cm³/mol. The zero-order chi connectivity index (χ0) is 16.1. The van der Waals surface area contributed by atoms with Gasteiger partial charge in [-0.2, -0.15) is 0 Å². The van der Waals surface area contributed by atoms with Crippen molar-refractivity contribution in [2.24, 2.45) is 11.8 Å². The van der Waals surface area contributed by atoms with Crippen LogP contribution in [0.25, 0.3) is 0 Å². The molecule has 2 aliphatic carbocycles. The minimum atomic E-state index is -0.826. The van der Waals surface area contributed by atoms with Gasteiger partial charge < -0.3 is 0 Å². The van der Waals surface area contributed by atoms with Crippen molar-refractivity contribution in [1.82, 2.24) is 0 Å². The first kappa shape index (κ1) is 22.5. The molecule has 0 aromatic heterocycles. The van der Waals surface area contributed by atoms with Crippen LogP contribution < -0.4 is 0 Å². The Kier molecular flexibility index (Phi) is 16.1. The van der Waals surface area contributed by atoms with Gasteiger partial charge in [0.15, 0.2) is 0 Å². The molecule has 2 saturated carbocycles. The van der Waals surface area contributed by atoms with Crippen molar-refractivity contribution in [1.29, 1.82) is 0 Å². The zero-order valence-corrected chi connectivity index (χ0v) is 17.4. The van der Waals surface area contributed by atoms with E-state index in [0.717, 1.165) is 11.8 Å². The Morgan fingerprint density at radius 1 is 0.714 bits per heavy atom. The van der Waals surface area contributed by atoms with Crippen LogP contribution in [0.4, 0.5) is 0 Å². The molecule has 10 radical (unpaired) electrons. The minimum absolute atomic E-state index is 0.785. The van der Waals surface area contributed by atoms with Crippen LogP contribution in [0, 0.1) is 75.0 Å². The molecule has 0 bridgehead atoms. The van der Waals surface area contributed by atoms with E-state index < -0.39 is 20.8 Å². The molecule has 0 aliphatic heterocycles. The van der Waals surface area contributed by atoms with Crippen LogP contribution in [0.2, 0.25) is 0 Å². The van der Waals surface area contributed by atoms with E-state index in [1.165, 1.54) is 24.7 Å². The number of hydrogen-bond donors (Lipinski definition) is 0. The van der Waals surface area contributed by atoms with Gasteiger partial charge in [0.1, 0.15) is 0 Å². The number of rotatable bonds is 4. The van der Waals surface area contributed by atoms with Gasteiger partial charge >= 0.3 is 37.9 Å². The van der Waals surface area contributed by atoms with Gasteiger partial charge in [0.25, 0.3) is 0 Å². The van der Waals surface area contributed by atoms with Crippen molar-refractivity contribution in [2.75, 3.05) is 0 Å². The quantitative estimate of drug-likeness (QED) is 0.519. The molecule has 2 fully saturated rings. The average Bonchev–Trinajstić information content (AvgIpc) is 3.03. The Morgan fingerprint density at radius 3 is 1.14 bits per heavy atom. The van der Waals surface area contributed by atoms with Crippen molar-refractivity contribution in [2.45, 2.75) is 40.5 Å². The SMILES string of the molecule is CC(C)C[C]1[CH][CH][CH][CH]1.CC(C)C[C]1[CH][CH][CH][CH]1.[Cl][Zr][Cl]. The van der Waals surface area contributed by atoms with Crippen LogP contribution >= 0.6 is 17.0 Å². The molecular weight excluding hydrogens is 378 g/mol. The predicted octanol–water partition coefficient (Wildman–Crippen LogP) is 6.25. The van der Waals surface area contributed by atoms with Gasteiger partial charge in [-0.15, -0.1) is 0 Å². The molecule has 0 aromatic rings. The second-order valence-electron chi connectivity index (χ2n) is 5.85. The van der Waals surface area contributed by atoms with Crippen molar-refractivity contribution in [3.63, 3.8) is 0 Å². The molecule has 0 spiro atoms. The van der Waals surface area contributed by atoms with E-state index in [0.29, 0.717) is 0 Å². The van der Waals surface area contributed by atoms with Crippen molar-refractivity contribution < 1.29 is 20.8 Å². The van der Waals surface area contributed by atoms with E-state index >= 15 is 0 Å². The van der Waals surface area contributed by atoms with Gasteiger partial charge in [-0.1, -0.05) is 27.7 Å². The first-order valence-corrected chi connectivity index (χ1v) is 13.7. The standard InChI is InChI=1S/2C9H13.2ClH.Zr/c2*1-8(2)7-9-5-3-4-6-9;;;/h2*3-6,8H,7H2,1-2H3;2*1H;/q;;;;+2/p-2. The van der Waals surface area contributed by atoms with E-state index in [-0.39, 0.29) is 0 Å². The average molecular weight is 405 g/mol. The van der Waals surface area contributed by atoms with Gasteiger partial charge in [-0.3, -0.25) is 0 Å². The summed E-state index contributed by atoms with van der Waals surface area (Å²) in [4.78, 5) is 0. The molecule has 2 aliphatic rings. The Bertz CT molecular complexity index is 185. The van der Waals surface area contributed by atoms with Crippen LogP contribution in [0.15, 0.2) is 0 Å². The van der Waals surface area contributed by atoms with Gasteiger partial charge in [-0.05, 0) is 87.9 Å². The van der Waals surface area contributed by atoms with Gasteiger partial charge in [0, 0.05) is 0 Å². The molecule has 0 nitrogen and oxygen atoms in total. The van der Waals surface area contributed by atoms with Crippen LogP contribution in [0.1, 0.15) is 40.5 Å². The summed E-state index contributed by atoms with van der Waals surface area (Å²) in [5, 5.41) is 0. The summed E-state index contributed by atoms with van der Waals surface area (Å²) < 4.78 is 0. The van der Waals surface area contributed by atoms with Crippen molar-refractivity contribution in [3.8, 4) is 0 Å². The zero-order valence-electron chi connectivity index (χ0n) is 13.4. The summed E-state index contributed by atoms with van der Waals surface area (Å²) in [6, 6.07) is 0. The van der Waals surface area contributed by atoms with Crippen LogP contribution in [-0.2, 0) is 20.8 Å². The Morgan fingerprint density at radius 2 is 0.952 bits per heavy atom.